The van der Waals surface area contributed by atoms with E-state index in [4.69, 9.17) is 0 Å². The molecule has 0 aromatic rings. The Hall–Kier alpha value is -1.38. The summed E-state index contributed by atoms with van der Waals surface area (Å²) in [6, 6.07) is -0.223. The molecule has 0 spiro atoms. The number of hydrogen-bond acceptors (Lipinski definition) is 2. The Morgan fingerprint density at radius 2 is 2.17 bits per heavy atom. The average Bonchev–Trinajstić information content (AvgIpc) is 2.26. The van der Waals surface area contributed by atoms with E-state index in [2.05, 4.69) is 6.58 Å². The molecule has 1 aliphatic rings. The zero-order valence-electron chi connectivity index (χ0n) is 7.20. The van der Waals surface area contributed by atoms with Crippen LogP contribution in [0.4, 0.5) is 0 Å². The van der Waals surface area contributed by atoms with E-state index in [1.165, 1.54) is 11.0 Å². The van der Waals surface area contributed by atoms with Gasteiger partial charge < -0.3 is 0 Å². The van der Waals surface area contributed by atoms with Gasteiger partial charge in [0.1, 0.15) is 0 Å². The summed E-state index contributed by atoms with van der Waals surface area (Å²) in [6.45, 7) is 6.92. The number of nitrogens with zero attached hydrogens (tertiary/aromatic N) is 1. The van der Waals surface area contributed by atoms with Crippen molar-refractivity contribution in [2.45, 2.75) is 19.9 Å². The van der Waals surface area contributed by atoms with E-state index in [1.807, 2.05) is 0 Å². The highest BCUT2D eigenvalue weighted by atomic mass is 16.2. The minimum atomic E-state index is -0.245. The van der Waals surface area contributed by atoms with Gasteiger partial charge in [-0.1, -0.05) is 6.08 Å². The SMILES string of the molecule is C=CC(C)N1C(=O)C=C(C)C1=O. The molecule has 1 atom stereocenters. The van der Waals surface area contributed by atoms with E-state index < -0.39 is 0 Å². The van der Waals surface area contributed by atoms with E-state index in [-0.39, 0.29) is 17.9 Å². The summed E-state index contributed by atoms with van der Waals surface area (Å²) in [4.78, 5) is 23.7. The lowest BCUT2D eigenvalue weighted by Gasteiger charge is -2.18. The smallest absolute Gasteiger partial charge is 0.257 e. The van der Waals surface area contributed by atoms with Gasteiger partial charge in [-0.3, -0.25) is 14.5 Å². The zero-order chi connectivity index (χ0) is 9.30. The topological polar surface area (TPSA) is 37.4 Å². The Labute approximate surface area is 71.4 Å². The van der Waals surface area contributed by atoms with Crippen molar-refractivity contribution in [1.29, 1.82) is 0 Å². The summed E-state index contributed by atoms with van der Waals surface area (Å²) in [7, 11) is 0. The lowest BCUT2D eigenvalue weighted by atomic mass is 10.3. The van der Waals surface area contributed by atoms with Gasteiger partial charge in [-0.05, 0) is 13.8 Å². The van der Waals surface area contributed by atoms with E-state index in [0.29, 0.717) is 5.57 Å². The van der Waals surface area contributed by atoms with Gasteiger partial charge >= 0.3 is 0 Å². The number of carbonyl (C=O) groups excluding carboxylic acids is 2. The lowest BCUT2D eigenvalue weighted by molar-refractivity contribution is -0.138. The van der Waals surface area contributed by atoms with Crippen LogP contribution in [-0.4, -0.2) is 22.8 Å². The predicted molar refractivity (Wildman–Crippen MR) is 45.3 cm³/mol. The Bertz CT molecular complexity index is 278. The number of hydrogen-bond donors (Lipinski definition) is 0. The fourth-order valence-corrected chi connectivity index (χ4v) is 1.10. The molecular formula is C9H11NO2. The van der Waals surface area contributed by atoms with Gasteiger partial charge in [-0.15, -0.1) is 6.58 Å². The number of rotatable bonds is 2. The van der Waals surface area contributed by atoms with Crippen molar-refractivity contribution in [3.05, 3.63) is 24.3 Å². The second kappa shape index (κ2) is 2.93. The maximum absolute atomic E-state index is 11.3. The summed E-state index contributed by atoms with van der Waals surface area (Å²) in [5.41, 5.74) is 0.494. The van der Waals surface area contributed by atoms with E-state index in [1.54, 1.807) is 19.9 Å². The fraction of sp³-hybridized carbons (Fsp3) is 0.333. The Morgan fingerprint density at radius 1 is 1.58 bits per heavy atom. The van der Waals surface area contributed by atoms with Crippen LogP contribution in [0.5, 0.6) is 0 Å². The van der Waals surface area contributed by atoms with Crippen LogP contribution in [0.25, 0.3) is 0 Å². The third-order valence-electron chi connectivity index (χ3n) is 1.88. The highest BCUT2D eigenvalue weighted by Gasteiger charge is 2.30. The molecule has 3 heteroatoms. The molecule has 0 N–H and O–H groups in total. The highest BCUT2D eigenvalue weighted by Crippen LogP contribution is 2.15. The summed E-state index contributed by atoms with van der Waals surface area (Å²) in [5, 5.41) is 0. The van der Waals surface area contributed by atoms with Crippen molar-refractivity contribution in [1.82, 2.24) is 4.90 Å². The second-order valence-electron chi connectivity index (χ2n) is 2.82. The van der Waals surface area contributed by atoms with Crippen molar-refractivity contribution < 1.29 is 9.59 Å². The molecule has 0 radical (unpaired) electrons. The molecular weight excluding hydrogens is 154 g/mol. The molecule has 12 heavy (non-hydrogen) atoms. The molecule has 0 aromatic heterocycles. The molecule has 0 fully saturated rings. The van der Waals surface area contributed by atoms with Gasteiger partial charge in [0.2, 0.25) is 0 Å². The summed E-state index contributed by atoms with van der Waals surface area (Å²) >= 11 is 0. The predicted octanol–water partition coefficient (Wildman–Crippen LogP) is 0.876. The monoisotopic (exact) mass is 165 g/mol. The normalized spacial score (nSPS) is 19.5. The maximum atomic E-state index is 11.3. The van der Waals surface area contributed by atoms with Crippen molar-refractivity contribution in [2.24, 2.45) is 0 Å². The second-order valence-corrected chi connectivity index (χ2v) is 2.82. The number of amides is 2. The van der Waals surface area contributed by atoms with Gasteiger partial charge in [0.15, 0.2) is 0 Å². The van der Waals surface area contributed by atoms with Crippen LogP contribution in [0.3, 0.4) is 0 Å². The quantitative estimate of drug-likeness (QED) is 0.450. The van der Waals surface area contributed by atoms with Gasteiger partial charge in [-0.2, -0.15) is 0 Å². The van der Waals surface area contributed by atoms with Crippen molar-refractivity contribution in [3.8, 4) is 0 Å². The molecule has 1 unspecified atom stereocenters. The Morgan fingerprint density at radius 3 is 2.50 bits per heavy atom. The van der Waals surface area contributed by atoms with Gasteiger partial charge in [0.05, 0.1) is 6.04 Å². The molecule has 1 aliphatic heterocycles. The largest absolute Gasteiger partial charge is 0.269 e. The van der Waals surface area contributed by atoms with E-state index in [9.17, 15) is 9.59 Å². The first-order chi connectivity index (χ1) is 5.57. The molecule has 1 rings (SSSR count). The molecule has 3 nitrogen and oxygen atoms in total. The molecule has 0 saturated heterocycles. The summed E-state index contributed by atoms with van der Waals surface area (Å²) in [5.74, 6) is -0.461. The van der Waals surface area contributed by atoms with Crippen LogP contribution in [0.1, 0.15) is 13.8 Å². The fourth-order valence-electron chi connectivity index (χ4n) is 1.10. The van der Waals surface area contributed by atoms with Crippen LogP contribution in [0.2, 0.25) is 0 Å². The minimum absolute atomic E-state index is 0.215. The van der Waals surface area contributed by atoms with Crippen molar-refractivity contribution >= 4 is 11.8 Å². The Kier molecular flexibility index (Phi) is 2.13. The summed E-state index contributed by atoms with van der Waals surface area (Å²) in [6.07, 6.45) is 2.92. The third-order valence-corrected chi connectivity index (χ3v) is 1.88. The van der Waals surface area contributed by atoms with Crippen LogP contribution in [0, 0.1) is 0 Å². The molecule has 0 bridgehead atoms. The van der Waals surface area contributed by atoms with E-state index in [0.717, 1.165) is 0 Å². The molecule has 0 aliphatic carbocycles. The van der Waals surface area contributed by atoms with Crippen molar-refractivity contribution in [3.63, 3.8) is 0 Å². The van der Waals surface area contributed by atoms with Crippen LogP contribution < -0.4 is 0 Å². The lowest BCUT2D eigenvalue weighted by Crippen LogP contribution is -2.37. The molecule has 1 heterocycles. The minimum Gasteiger partial charge on any atom is -0.269 e. The van der Waals surface area contributed by atoms with Gasteiger partial charge in [0, 0.05) is 11.6 Å². The maximum Gasteiger partial charge on any atom is 0.257 e. The molecule has 0 saturated carbocycles. The van der Waals surface area contributed by atoms with Crippen LogP contribution >= 0.6 is 0 Å². The van der Waals surface area contributed by atoms with Crippen molar-refractivity contribution in [2.75, 3.05) is 0 Å². The van der Waals surface area contributed by atoms with Crippen LogP contribution in [-0.2, 0) is 9.59 Å². The highest BCUT2D eigenvalue weighted by molar-refractivity contribution is 6.16. The van der Waals surface area contributed by atoms with Gasteiger partial charge in [0.25, 0.3) is 11.8 Å². The number of imide groups is 1. The zero-order valence-corrected chi connectivity index (χ0v) is 7.20. The first-order valence-corrected chi connectivity index (χ1v) is 3.76. The Balaban J connectivity index is 2.90. The first-order valence-electron chi connectivity index (χ1n) is 3.76. The standard InChI is InChI=1S/C9H11NO2/c1-4-7(3)10-8(11)5-6(2)9(10)12/h4-5,7H,1H2,2-3H3. The van der Waals surface area contributed by atoms with Gasteiger partial charge in [-0.25, -0.2) is 0 Å². The molecule has 2 amide bonds. The third kappa shape index (κ3) is 1.18. The van der Waals surface area contributed by atoms with E-state index >= 15 is 0 Å². The summed E-state index contributed by atoms with van der Waals surface area (Å²) < 4.78 is 0. The first kappa shape index (κ1) is 8.71. The molecule has 64 valence electrons. The molecule has 0 aromatic carbocycles. The van der Waals surface area contributed by atoms with Crippen LogP contribution in [0.15, 0.2) is 24.3 Å². The number of carbonyl (C=O) groups is 2. The average molecular weight is 165 g/mol.